The molecule has 41 heavy (non-hydrogen) atoms. The molecule has 1 heteroatoms. The molecule has 0 saturated carbocycles. The van der Waals surface area contributed by atoms with Gasteiger partial charge in [0.15, 0.2) is 0 Å². The van der Waals surface area contributed by atoms with Gasteiger partial charge in [-0.1, -0.05) is 114 Å². The van der Waals surface area contributed by atoms with Crippen LogP contribution in [0.15, 0.2) is 114 Å². The lowest BCUT2D eigenvalue weighted by Crippen LogP contribution is -2.11. The molecule has 1 heterocycles. The maximum atomic E-state index is 6.65. The van der Waals surface area contributed by atoms with Crippen molar-refractivity contribution in [3.05, 3.63) is 120 Å². The number of benzene rings is 6. The Kier molecular flexibility index (Phi) is 5.67. The van der Waals surface area contributed by atoms with E-state index >= 15 is 0 Å². The molecule has 0 amide bonds. The van der Waals surface area contributed by atoms with E-state index in [4.69, 9.17) is 4.42 Å². The lowest BCUT2D eigenvalue weighted by Gasteiger charge is -2.21. The second-order valence-corrected chi connectivity index (χ2v) is 13.5. The summed E-state index contributed by atoms with van der Waals surface area (Å²) >= 11 is 0. The predicted molar refractivity (Wildman–Crippen MR) is 177 cm³/mol. The highest BCUT2D eigenvalue weighted by atomic mass is 16.3. The fourth-order valence-corrected chi connectivity index (χ4v) is 6.14. The van der Waals surface area contributed by atoms with Gasteiger partial charge in [-0.05, 0) is 96.6 Å². The molecule has 0 atom stereocenters. The van der Waals surface area contributed by atoms with Gasteiger partial charge in [0.1, 0.15) is 11.2 Å². The Morgan fingerprint density at radius 2 is 1.07 bits per heavy atom. The van der Waals surface area contributed by atoms with Gasteiger partial charge in [-0.2, -0.15) is 0 Å². The maximum absolute atomic E-state index is 6.65. The largest absolute Gasteiger partial charge is 0.455 e. The molecular weight excluding hydrogens is 496 g/mol. The molecule has 7 rings (SSSR count). The Hall–Kier alpha value is -4.36. The van der Waals surface area contributed by atoms with Gasteiger partial charge in [0.05, 0.1) is 0 Å². The van der Waals surface area contributed by atoms with Crippen LogP contribution in [-0.2, 0) is 10.8 Å². The summed E-state index contributed by atoms with van der Waals surface area (Å²) < 4.78 is 6.65. The van der Waals surface area contributed by atoms with E-state index in [0.717, 1.165) is 16.7 Å². The van der Waals surface area contributed by atoms with Crippen LogP contribution in [-0.4, -0.2) is 0 Å². The highest BCUT2D eigenvalue weighted by molar-refractivity contribution is 6.14. The van der Waals surface area contributed by atoms with Gasteiger partial charge < -0.3 is 4.42 Å². The smallest absolute Gasteiger partial charge is 0.143 e. The van der Waals surface area contributed by atoms with E-state index in [2.05, 4.69) is 151 Å². The fourth-order valence-electron chi connectivity index (χ4n) is 6.14. The Balaban J connectivity index is 1.49. The van der Waals surface area contributed by atoms with Crippen LogP contribution >= 0.6 is 0 Å². The summed E-state index contributed by atoms with van der Waals surface area (Å²) in [5.41, 5.74) is 9.38. The maximum Gasteiger partial charge on any atom is 0.143 e. The third kappa shape index (κ3) is 4.32. The van der Waals surface area contributed by atoms with Gasteiger partial charge in [0.25, 0.3) is 0 Å². The molecule has 202 valence electrons. The SMILES string of the molecule is CC(C)(C)c1ccc2oc3c(-c4cccc(-c5cc6ccccc6c6ccccc56)c4)cc(C(C)(C)C)cc3c2c1. The van der Waals surface area contributed by atoms with Gasteiger partial charge in [-0.25, -0.2) is 0 Å². The Morgan fingerprint density at radius 1 is 0.439 bits per heavy atom. The molecule has 1 aromatic heterocycles. The molecule has 0 spiro atoms. The molecule has 0 aliphatic heterocycles. The highest BCUT2D eigenvalue weighted by Crippen LogP contribution is 2.42. The Labute approximate surface area is 242 Å². The van der Waals surface area contributed by atoms with Crippen LogP contribution in [0.3, 0.4) is 0 Å². The second-order valence-electron chi connectivity index (χ2n) is 13.5. The molecular formula is C40H36O. The average molecular weight is 533 g/mol. The number of rotatable bonds is 2. The molecule has 0 unspecified atom stereocenters. The monoisotopic (exact) mass is 532 g/mol. The highest BCUT2D eigenvalue weighted by Gasteiger charge is 2.22. The van der Waals surface area contributed by atoms with Crippen LogP contribution in [0.4, 0.5) is 0 Å². The molecule has 0 N–H and O–H groups in total. The minimum Gasteiger partial charge on any atom is -0.455 e. The van der Waals surface area contributed by atoms with E-state index in [-0.39, 0.29) is 10.8 Å². The van der Waals surface area contributed by atoms with E-state index in [1.165, 1.54) is 60.1 Å². The zero-order valence-electron chi connectivity index (χ0n) is 24.8. The van der Waals surface area contributed by atoms with Gasteiger partial charge in [0.2, 0.25) is 0 Å². The minimum absolute atomic E-state index is 0.000326. The van der Waals surface area contributed by atoms with Crippen molar-refractivity contribution in [2.24, 2.45) is 0 Å². The van der Waals surface area contributed by atoms with Gasteiger partial charge in [-0.15, -0.1) is 0 Å². The van der Waals surface area contributed by atoms with Crippen molar-refractivity contribution < 1.29 is 4.42 Å². The van der Waals surface area contributed by atoms with Crippen LogP contribution in [0.25, 0.3) is 65.7 Å². The van der Waals surface area contributed by atoms with E-state index in [1.54, 1.807) is 0 Å². The van der Waals surface area contributed by atoms with Crippen molar-refractivity contribution in [1.29, 1.82) is 0 Å². The quantitative estimate of drug-likeness (QED) is 0.202. The summed E-state index contributed by atoms with van der Waals surface area (Å²) in [4.78, 5) is 0. The van der Waals surface area contributed by atoms with E-state index in [0.29, 0.717) is 0 Å². The minimum atomic E-state index is 0.000326. The van der Waals surface area contributed by atoms with Crippen molar-refractivity contribution in [1.82, 2.24) is 0 Å². The molecule has 0 fully saturated rings. The van der Waals surface area contributed by atoms with Crippen molar-refractivity contribution in [3.63, 3.8) is 0 Å². The summed E-state index contributed by atoms with van der Waals surface area (Å²) in [5, 5.41) is 7.49. The summed E-state index contributed by atoms with van der Waals surface area (Å²) in [6, 6.07) is 40.1. The molecule has 7 aromatic rings. The molecule has 0 aliphatic rings. The van der Waals surface area contributed by atoms with Crippen LogP contribution < -0.4 is 0 Å². The number of furan rings is 1. The first-order valence-corrected chi connectivity index (χ1v) is 14.6. The third-order valence-electron chi connectivity index (χ3n) is 8.56. The zero-order chi connectivity index (χ0) is 28.5. The zero-order valence-corrected chi connectivity index (χ0v) is 24.8. The molecule has 6 aromatic carbocycles. The average Bonchev–Trinajstić information content (AvgIpc) is 3.33. The summed E-state index contributed by atoms with van der Waals surface area (Å²) in [5.74, 6) is 0. The van der Waals surface area contributed by atoms with Crippen molar-refractivity contribution in [3.8, 4) is 22.3 Å². The lowest BCUT2D eigenvalue weighted by atomic mass is 9.83. The van der Waals surface area contributed by atoms with E-state index in [1.807, 2.05) is 0 Å². The topological polar surface area (TPSA) is 13.1 Å². The Bertz CT molecular complexity index is 2110. The van der Waals surface area contributed by atoms with Crippen LogP contribution in [0.1, 0.15) is 52.7 Å². The third-order valence-corrected chi connectivity index (χ3v) is 8.56. The molecule has 0 aliphatic carbocycles. The van der Waals surface area contributed by atoms with Crippen molar-refractivity contribution in [2.45, 2.75) is 52.4 Å². The number of hydrogen-bond donors (Lipinski definition) is 0. The number of hydrogen-bond acceptors (Lipinski definition) is 1. The second kappa shape index (κ2) is 9.08. The van der Waals surface area contributed by atoms with E-state index in [9.17, 15) is 0 Å². The fraction of sp³-hybridized carbons (Fsp3) is 0.200. The van der Waals surface area contributed by atoms with Gasteiger partial charge >= 0.3 is 0 Å². The Morgan fingerprint density at radius 3 is 1.80 bits per heavy atom. The first-order valence-electron chi connectivity index (χ1n) is 14.6. The molecule has 0 saturated heterocycles. The summed E-state index contributed by atoms with van der Waals surface area (Å²) in [6.07, 6.45) is 0. The molecule has 0 bridgehead atoms. The van der Waals surface area contributed by atoms with Gasteiger partial charge in [0, 0.05) is 16.3 Å². The first kappa shape index (κ1) is 25.6. The normalized spacial score (nSPS) is 12.6. The van der Waals surface area contributed by atoms with Crippen LogP contribution in [0, 0.1) is 0 Å². The van der Waals surface area contributed by atoms with Crippen LogP contribution in [0.5, 0.6) is 0 Å². The summed E-state index contributed by atoms with van der Waals surface area (Å²) in [6.45, 7) is 13.7. The predicted octanol–water partition coefficient (Wildman–Crippen LogP) is 11.8. The van der Waals surface area contributed by atoms with Crippen LogP contribution in [0.2, 0.25) is 0 Å². The van der Waals surface area contributed by atoms with Crippen molar-refractivity contribution >= 4 is 43.5 Å². The lowest BCUT2D eigenvalue weighted by molar-refractivity contribution is 0.590. The van der Waals surface area contributed by atoms with Gasteiger partial charge in [-0.3, -0.25) is 0 Å². The molecule has 0 radical (unpaired) electrons. The first-order chi connectivity index (χ1) is 19.6. The summed E-state index contributed by atoms with van der Waals surface area (Å²) in [7, 11) is 0. The molecule has 1 nitrogen and oxygen atoms in total. The van der Waals surface area contributed by atoms with Crippen molar-refractivity contribution in [2.75, 3.05) is 0 Å². The van der Waals surface area contributed by atoms with E-state index < -0.39 is 0 Å². The number of fused-ring (bicyclic) bond motifs is 6. The standard InChI is InChI=1S/C40H36O/c1-39(2,3)28-18-19-37-35(22-28)36-24-29(40(4,5)6)23-34(38(36)41-37)26-14-11-13-25(20-26)33-21-27-12-7-8-15-30(27)31-16-9-10-17-32(31)33/h7-24H,1-6H3.